The number of nitrogens with one attached hydrogen (secondary N) is 2. The molecular weight excluding hydrogens is 248 g/mol. The second-order valence-electron chi connectivity index (χ2n) is 4.17. The molecule has 0 aliphatic heterocycles. The fourth-order valence-electron chi connectivity index (χ4n) is 1.34. The van der Waals surface area contributed by atoms with Crippen LogP contribution in [0, 0.1) is 0 Å². The van der Waals surface area contributed by atoms with Gasteiger partial charge in [-0.1, -0.05) is 12.1 Å². The largest absolute Gasteiger partial charge is 0.379 e. The van der Waals surface area contributed by atoms with E-state index in [0.29, 0.717) is 18.8 Å². The lowest BCUT2D eigenvalue weighted by Crippen LogP contribution is -2.30. The highest BCUT2D eigenvalue weighted by molar-refractivity contribution is 7.80. The summed E-state index contributed by atoms with van der Waals surface area (Å²) in [6, 6.07) is 7.14. The molecule has 1 rings (SSSR count). The van der Waals surface area contributed by atoms with Crippen molar-refractivity contribution in [3.8, 4) is 0 Å². The topological polar surface area (TPSA) is 50.4 Å². The molecule has 0 saturated carbocycles. The van der Waals surface area contributed by atoms with Gasteiger partial charge >= 0.3 is 6.03 Å². The smallest absolute Gasteiger partial charge is 0.319 e. The van der Waals surface area contributed by atoms with Crippen LogP contribution in [-0.4, -0.2) is 25.3 Å². The van der Waals surface area contributed by atoms with Gasteiger partial charge in [-0.3, -0.25) is 0 Å². The van der Waals surface area contributed by atoms with Crippen molar-refractivity contribution in [3.63, 3.8) is 0 Å². The third-order valence-corrected chi connectivity index (χ3v) is 2.60. The van der Waals surface area contributed by atoms with Gasteiger partial charge in [-0.2, -0.15) is 0 Å². The number of rotatable bonds is 6. The van der Waals surface area contributed by atoms with Crippen LogP contribution in [0.5, 0.6) is 0 Å². The van der Waals surface area contributed by atoms with Crippen molar-refractivity contribution in [2.45, 2.75) is 31.3 Å². The number of hydrogen-bond donors (Lipinski definition) is 3. The van der Waals surface area contributed by atoms with E-state index in [-0.39, 0.29) is 12.1 Å². The normalized spacial score (nSPS) is 10.4. The molecule has 1 aromatic carbocycles. The predicted molar refractivity (Wildman–Crippen MR) is 76.4 cm³/mol. The zero-order chi connectivity index (χ0) is 13.4. The molecule has 0 aliphatic carbocycles. The van der Waals surface area contributed by atoms with Gasteiger partial charge in [0.15, 0.2) is 0 Å². The number of urea groups is 1. The summed E-state index contributed by atoms with van der Waals surface area (Å²) in [4.78, 5) is 12.3. The number of hydrogen-bond acceptors (Lipinski definition) is 3. The number of anilines is 1. The molecule has 5 heteroatoms. The lowest BCUT2D eigenvalue weighted by atomic mass is 10.3. The van der Waals surface area contributed by atoms with Crippen LogP contribution in [0.2, 0.25) is 0 Å². The zero-order valence-corrected chi connectivity index (χ0v) is 11.7. The van der Waals surface area contributed by atoms with E-state index in [1.54, 1.807) is 0 Å². The Morgan fingerprint density at radius 1 is 1.39 bits per heavy atom. The average molecular weight is 268 g/mol. The van der Waals surface area contributed by atoms with Crippen LogP contribution < -0.4 is 10.6 Å². The Labute approximate surface area is 114 Å². The fourth-order valence-corrected chi connectivity index (χ4v) is 1.56. The lowest BCUT2D eigenvalue weighted by Gasteiger charge is -2.10. The molecule has 0 saturated heterocycles. The van der Waals surface area contributed by atoms with E-state index in [1.807, 2.05) is 38.1 Å². The Kier molecular flexibility index (Phi) is 6.60. The van der Waals surface area contributed by atoms with Crippen molar-refractivity contribution in [2.75, 3.05) is 18.5 Å². The molecule has 2 N–H and O–H groups in total. The summed E-state index contributed by atoms with van der Waals surface area (Å²) >= 11 is 4.26. The molecule has 100 valence electrons. The van der Waals surface area contributed by atoms with E-state index in [9.17, 15) is 4.79 Å². The molecule has 4 nitrogen and oxygen atoms in total. The monoisotopic (exact) mass is 268 g/mol. The van der Waals surface area contributed by atoms with Crippen molar-refractivity contribution < 1.29 is 9.53 Å². The number of carbonyl (C=O) groups is 1. The van der Waals surface area contributed by atoms with Gasteiger partial charge in [0, 0.05) is 18.0 Å². The Morgan fingerprint density at radius 2 is 2.11 bits per heavy atom. The quantitative estimate of drug-likeness (QED) is 0.549. The van der Waals surface area contributed by atoms with Crippen LogP contribution in [0.25, 0.3) is 0 Å². The van der Waals surface area contributed by atoms with E-state index in [4.69, 9.17) is 4.74 Å². The summed E-state index contributed by atoms with van der Waals surface area (Å²) < 4.78 is 5.38. The predicted octanol–water partition coefficient (Wildman–Crippen LogP) is 2.91. The van der Waals surface area contributed by atoms with E-state index in [2.05, 4.69) is 23.3 Å². The third-order valence-electron chi connectivity index (χ3n) is 2.21. The summed E-state index contributed by atoms with van der Waals surface area (Å²) in [5, 5.41) is 5.51. The SMILES string of the molecule is CC(C)OCCCNC(=O)Nc1ccccc1S. The molecular formula is C13H20N2O2S. The standard InChI is InChI=1S/C13H20N2O2S/c1-10(2)17-9-5-8-14-13(16)15-11-6-3-4-7-12(11)18/h3-4,6-7,10,18H,5,8-9H2,1-2H3,(H2,14,15,16). The first-order chi connectivity index (χ1) is 8.59. The first kappa shape index (κ1) is 14.9. The molecule has 0 spiro atoms. The Morgan fingerprint density at radius 3 is 2.78 bits per heavy atom. The molecule has 0 unspecified atom stereocenters. The zero-order valence-electron chi connectivity index (χ0n) is 10.8. The van der Waals surface area contributed by atoms with Gasteiger partial charge in [0.2, 0.25) is 0 Å². The van der Waals surface area contributed by atoms with E-state index < -0.39 is 0 Å². The van der Waals surface area contributed by atoms with Crippen molar-refractivity contribution in [3.05, 3.63) is 24.3 Å². The van der Waals surface area contributed by atoms with Crippen LogP contribution in [0.4, 0.5) is 10.5 Å². The molecule has 0 radical (unpaired) electrons. The summed E-state index contributed by atoms with van der Waals surface area (Å²) in [5.74, 6) is 0. The first-order valence-electron chi connectivity index (χ1n) is 6.04. The Bertz CT molecular complexity index is 383. The summed E-state index contributed by atoms with van der Waals surface area (Å²) in [6.45, 7) is 5.22. The van der Waals surface area contributed by atoms with Gasteiger partial charge in [-0.25, -0.2) is 4.79 Å². The maximum atomic E-state index is 11.6. The molecule has 0 bridgehead atoms. The van der Waals surface area contributed by atoms with Crippen LogP contribution in [0.1, 0.15) is 20.3 Å². The highest BCUT2D eigenvalue weighted by atomic mass is 32.1. The molecule has 18 heavy (non-hydrogen) atoms. The van der Waals surface area contributed by atoms with Gasteiger partial charge in [0.25, 0.3) is 0 Å². The summed E-state index contributed by atoms with van der Waals surface area (Å²) in [5.41, 5.74) is 0.705. The Hall–Kier alpha value is -1.20. The highest BCUT2D eigenvalue weighted by Gasteiger charge is 2.03. The average Bonchev–Trinajstić information content (AvgIpc) is 2.31. The van der Waals surface area contributed by atoms with Crippen molar-refractivity contribution >= 4 is 24.3 Å². The maximum Gasteiger partial charge on any atom is 0.319 e. The molecule has 1 aromatic rings. The number of carbonyl (C=O) groups excluding carboxylic acids is 1. The van der Waals surface area contributed by atoms with Crippen LogP contribution in [0.15, 0.2) is 29.2 Å². The number of benzene rings is 1. The highest BCUT2D eigenvalue weighted by Crippen LogP contribution is 2.17. The number of para-hydroxylation sites is 1. The van der Waals surface area contributed by atoms with Crippen LogP contribution in [-0.2, 0) is 4.74 Å². The minimum Gasteiger partial charge on any atom is -0.379 e. The van der Waals surface area contributed by atoms with E-state index in [1.165, 1.54) is 0 Å². The molecule has 0 fully saturated rings. The maximum absolute atomic E-state index is 11.6. The second kappa shape index (κ2) is 8.00. The molecule has 0 aromatic heterocycles. The minimum absolute atomic E-state index is 0.221. The fraction of sp³-hybridized carbons (Fsp3) is 0.462. The Balaban J connectivity index is 2.20. The van der Waals surface area contributed by atoms with E-state index in [0.717, 1.165) is 11.3 Å². The lowest BCUT2D eigenvalue weighted by molar-refractivity contribution is 0.0775. The third kappa shape index (κ3) is 5.93. The van der Waals surface area contributed by atoms with Gasteiger partial charge in [-0.05, 0) is 32.4 Å². The van der Waals surface area contributed by atoms with Crippen LogP contribution in [0.3, 0.4) is 0 Å². The molecule has 0 heterocycles. The van der Waals surface area contributed by atoms with E-state index >= 15 is 0 Å². The van der Waals surface area contributed by atoms with Gasteiger partial charge in [0.1, 0.15) is 0 Å². The molecule has 0 aliphatic rings. The first-order valence-corrected chi connectivity index (χ1v) is 6.48. The van der Waals surface area contributed by atoms with Gasteiger partial charge in [0.05, 0.1) is 11.8 Å². The number of amides is 2. The second-order valence-corrected chi connectivity index (χ2v) is 4.65. The molecule has 0 atom stereocenters. The molecule has 2 amide bonds. The summed E-state index contributed by atoms with van der Waals surface area (Å²) in [6.07, 6.45) is 1.03. The number of thiol groups is 1. The minimum atomic E-state index is -0.221. The summed E-state index contributed by atoms with van der Waals surface area (Å²) in [7, 11) is 0. The van der Waals surface area contributed by atoms with Gasteiger partial charge in [-0.15, -0.1) is 12.6 Å². The van der Waals surface area contributed by atoms with Crippen LogP contribution >= 0.6 is 12.6 Å². The van der Waals surface area contributed by atoms with Crippen molar-refractivity contribution in [1.82, 2.24) is 5.32 Å². The van der Waals surface area contributed by atoms with Gasteiger partial charge < -0.3 is 15.4 Å². The van der Waals surface area contributed by atoms with Crippen molar-refractivity contribution in [1.29, 1.82) is 0 Å². The number of ether oxygens (including phenoxy) is 1. The van der Waals surface area contributed by atoms with Crippen molar-refractivity contribution in [2.24, 2.45) is 0 Å².